The zero-order valence-electron chi connectivity index (χ0n) is 11.9. The number of rotatable bonds is 6. The summed E-state index contributed by atoms with van der Waals surface area (Å²) in [5, 5.41) is 3.78. The Hall–Kier alpha value is -1.53. The number of thioether (sulfide) groups is 1. The van der Waals surface area contributed by atoms with Crippen LogP contribution >= 0.6 is 11.8 Å². The predicted molar refractivity (Wildman–Crippen MR) is 81.0 cm³/mol. The first-order valence-corrected chi connectivity index (χ1v) is 7.55. The molecule has 0 fully saturated rings. The zero-order chi connectivity index (χ0) is 14.5. The van der Waals surface area contributed by atoms with Gasteiger partial charge in [0.25, 0.3) is 0 Å². The van der Waals surface area contributed by atoms with Crippen molar-refractivity contribution in [2.24, 2.45) is 0 Å². The molecule has 2 aromatic rings. The summed E-state index contributed by atoms with van der Waals surface area (Å²) in [7, 11) is 1.75. The van der Waals surface area contributed by atoms with Gasteiger partial charge in [0, 0.05) is 5.75 Å². The average molecular weight is 293 g/mol. The summed E-state index contributed by atoms with van der Waals surface area (Å²) in [6.45, 7) is 4.25. The number of H-pyrrole nitrogens is 1. The fourth-order valence-corrected chi connectivity index (χ4v) is 2.82. The highest BCUT2D eigenvalue weighted by atomic mass is 32.2. The number of aromatic nitrogens is 2. The quantitative estimate of drug-likeness (QED) is 0.631. The van der Waals surface area contributed by atoms with Gasteiger partial charge in [-0.3, -0.25) is 4.79 Å². The van der Waals surface area contributed by atoms with Crippen LogP contribution in [0.25, 0.3) is 11.0 Å². The molecular weight excluding hydrogens is 274 g/mol. The van der Waals surface area contributed by atoms with Gasteiger partial charge in [-0.2, -0.15) is 0 Å². The standard InChI is InChI=1S/C14H19N3O2S/c1-4-19-13(18)12(15-3)8-20-14-16-10-6-5-9(2)7-11(10)17-14/h5-7,12,15H,4,8H2,1-3H3,(H,16,17). The lowest BCUT2D eigenvalue weighted by molar-refractivity contribution is -0.144. The number of fused-ring (bicyclic) bond motifs is 1. The van der Waals surface area contributed by atoms with Gasteiger partial charge < -0.3 is 15.0 Å². The first kappa shape index (κ1) is 14.9. The zero-order valence-corrected chi connectivity index (χ0v) is 12.7. The lowest BCUT2D eigenvalue weighted by atomic mass is 10.2. The molecule has 1 aromatic carbocycles. The SMILES string of the molecule is CCOC(=O)C(CSc1nc2ccc(C)cc2[nH]1)NC. The molecule has 0 bridgehead atoms. The molecule has 0 aliphatic rings. The highest BCUT2D eigenvalue weighted by molar-refractivity contribution is 7.99. The van der Waals surface area contributed by atoms with Crippen molar-refractivity contribution in [1.29, 1.82) is 0 Å². The Morgan fingerprint density at radius 2 is 2.35 bits per heavy atom. The van der Waals surface area contributed by atoms with E-state index in [1.807, 2.05) is 19.1 Å². The normalized spacial score (nSPS) is 12.6. The summed E-state index contributed by atoms with van der Waals surface area (Å²) in [6, 6.07) is 5.77. The first-order chi connectivity index (χ1) is 9.63. The van der Waals surface area contributed by atoms with Crippen molar-refractivity contribution in [2.75, 3.05) is 19.4 Å². The molecule has 0 radical (unpaired) electrons. The van der Waals surface area contributed by atoms with Crippen molar-refractivity contribution < 1.29 is 9.53 Å². The maximum absolute atomic E-state index is 11.7. The van der Waals surface area contributed by atoms with Crippen LogP contribution in [0, 0.1) is 6.92 Å². The molecule has 1 atom stereocenters. The molecule has 2 rings (SSSR count). The van der Waals surface area contributed by atoms with Crippen LogP contribution < -0.4 is 5.32 Å². The van der Waals surface area contributed by atoms with Crippen LogP contribution in [0.3, 0.4) is 0 Å². The van der Waals surface area contributed by atoms with E-state index < -0.39 is 0 Å². The maximum atomic E-state index is 11.7. The van der Waals surface area contributed by atoms with Gasteiger partial charge >= 0.3 is 5.97 Å². The van der Waals surface area contributed by atoms with Crippen LogP contribution in [0.15, 0.2) is 23.4 Å². The molecule has 6 heteroatoms. The third-order valence-corrected chi connectivity index (χ3v) is 3.89. The topological polar surface area (TPSA) is 67.0 Å². The Bertz CT molecular complexity index is 597. The summed E-state index contributed by atoms with van der Waals surface area (Å²) in [4.78, 5) is 19.4. The van der Waals surface area contributed by atoms with E-state index in [1.54, 1.807) is 14.0 Å². The van der Waals surface area contributed by atoms with E-state index >= 15 is 0 Å². The van der Waals surface area contributed by atoms with E-state index in [1.165, 1.54) is 17.3 Å². The third kappa shape index (κ3) is 3.52. The number of hydrogen-bond donors (Lipinski definition) is 2. The Kier molecular flexibility index (Phi) is 5.03. The number of benzene rings is 1. The summed E-state index contributed by atoms with van der Waals surface area (Å²) < 4.78 is 5.01. The predicted octanol–water partition coefficient (Wildman–Crippen LogP) is 2.11. The number of aromatic amines is 1. The van der Waals surface area contributed by atoms with Crippen molar-refractivity contribution in [3.05, 3.63) is 23.8 Å². The van der Waals surface area contributed by atoms with E-state index in [4.69, 9.17) is 4.74 Å². The Morgan fingerprint density at radius 1 is 1.55 bits per heavy atom. The summed E-state index contributed by atoms with van der Waals surface area (Å²) >= 11 is 1.51. The molecule has 1 aromatic heterocycles. The van der Waals surface area contributed by atoms with Gasteiger partial charge in [-0.15, -0.1) is 0 Å². The van der Waals surface area contributed by atoms with Crippen molar-refractivity contribution in [3.63, 3.8) is 0 Å². The second-order valence-electron chi connectivity index (χ2n) is 4.47. The summed E-state index contributed by atoms with van der Waals surface area (Å²) in [5.41, 5.74) is 3.15. The molecule has 108 valence electrons. The number of likely N-dealkylation sites (N-methyl/N-ethyl adjacent to an activating group) is 1. The lowest BCUT2D eigenvalue weighted by Crippen LogP contribution is -2.37. The fourth-order valence-electron chi connectivity index (χ4n) is 1.84. The molecule has 1 heterocycles. The maximum Gasteiger partial charge on any atom is 0.323 e. The number of esters is 1. The van der Waals surface area contributed by atoms with Crippen LogP contribution in [0.5, 0.6) is 0 Å². The second-order valence-corrected chi connectivity index (χ2v) is 5.48. The number of hydrogen-bond acceptors (Lipinski definition) is 5. The van der Waals surface area contributed by atoms with Crippen molar-refractivity contribution in [2.45, 2.75) is 25.0 Å². The Morgan fingerprint density at radius 3 is 3.05 bits per heavy atom. The lowest BCUT2D eigenvalue weighted by Gasteiger charge is -2.13. The van der Waals surface area contributed by atoms with Gasteiger partial charge in [0.2, 0.25) is 0 Å². The van der Waals surface area contributed by atoms with E-state index in [-0.39, 0.29) is 12.0 Å². The average Bonchev–Trinajstić information content (AvgIpc) is 2.81. The second kappa shape index (κ2) is 6.76. The molecule has 1 unspecified atom stereocenters. The minimum Gasteiger partial charge on any atom is -0.465 e. The molecule has 0 saturated carbocycles. The van der Waals surface area contributed by atoms with Crippen LogP contribution in [0.1, 0.15) is 12.5 Å². The molecule has 0 spiro atoms. The number of nitrogens with one attached hydrogen (secondary N) is 2. The van der Waals surface area contributed by atoms with Crippen LogP contribution in [0.4, 0.5) is 0 Å². The molecular formula is C14H19N3O2S. The molecule has 20 heavy (non-hydrogen) atoms. The van der Waals surface area contributed by atoms with E-state index in [9.17, 15) is 4.79 Å². The van der Waals surface area contributed by atoms with Crippen molar-refractivity contribution in [1.82, 2.24) is 15.3 Å². The van der Waals surface area contributed by atoms with E-state index in [0.29, 0.717) is 12.4 Å². The molecule has 0 aliphatic carbocycles. The molecule has 2 N–H and O–H groups in total. The van der Waals surface area contributed by atoms with Gasteiger partial charge in [-0.25, -0.2) is 4.98 Å². The van der Waals surface area contributed by atoms with Crippen LogP contribution in [0.2, 0.25) is 0 Å². The van der Waals surface area contributed by atoms with Gasteiger partial charge in [-0.05, 0) is 38.6 Å². The van der Waals surface area contributed by atoms with Gasteiger partial charge in [0.1, 0.15) is 6.04 Å². The number of carbonyl (C=O) groups is 1. The van der Waals surface area contributed by atoms with Gasteiger partial charge in [-0.1, -0.05) is 17.8 Å². The number of aryl methyl sites for hydroxylation is 1. The largest absolute Gasteiger partial charge is 0.465 e. The molecule has 5 nitrogen and oxygen atoms in total. The van der Waals surface area contributed by atoms with Gasteiger partial charge in [0.15, 0.2) is 5.16 Å². The highest BCUT2D eigenvalue weighted by Crippen LogP contribution is 2.21. The number of ether oxygens (including phenoxy) is 1. The number of imidazole rings is 1. The van der Waals surface area contributed by atoms with Crippen LogP contribution in [-0.2, 0) is 9.53 Å². The minimum atomic E-state index is -0.324. The highest BCUT2D eigenvalue weighted by Gasteiger charge is 2.18. The minimum absolute atomic E-state index is 0.227. The molecule has 0 saturated heterocycles. The fraction of sp³-hybridized carbons (Fsp3) is 0.429. The molecule has 0 amide bonds. The monoisotopic (exact) mass is 293 g/mol. The smallest absolute Gasteiger partial charge is 0.323 e. The molecule has 0 aliphatic heterocycles. The summed E-state index contributed by atoms with van der Waals surface area (Å²) in [6.07, 6.45) is 0. The number of nitrogens with zero attached hydrogens (tertiary/aromatic N) is 1. The Labute approximate surface area is 122 Å². The van der Waals surface area contributed by atoms with E-state index in [0.717, 1.165) is 16.2 Å². The van der Waals surface area contributed by atoms with E-state index in [2.05, 4.69) is 21.4 Å². The first-order valence-electron chi connectivity index (χ1n) is 6.57. The van der Waals surface area contributed by atoms with Crippen molar-refractivity contribution in [3.8, 4) is 0 Å². The number of carbonyl (C=O) groups excluding carboxylic acids is 1. The Balaban J connectivity index is 2.02. The van der Waals surface area contributed by atoms with Crippen LogP contribution in [-0.4, -0.2) is 41.4 Å². The van der Waals surface area contributed by atoms with Gasteiger partial charge in [0.05, 0.1) is 17.6 Å². The summed E-state index contributed by atoms with van der Waals surface area (Å²) in [5.74, 6) is 0.350. The van der Waals surface area contributed by atoms with Crippen molar-refractivity contribution >= 4 is 28.8 Å². The third-order valence-electron chi connectivity index (χ3n) is 2.92.